The highest BCUT2D eigenvalue weighted by Gasteiger charge is 2.24. The Morgan fingerprint density at radius 1 is 1.03 bits per heavy atom. The molecule has 1 amide bonds. The minimum Gasteiger partial charge on any atom is -0.496 e. The second-order valence-electron chi connectivity index (χ2n) is 7.33. The second kappa shape index (κ2) is 10.6. The van der Waals surface area contributed by atoms with Crippen molar-refractivity contribution >= 4 is 17.7 Å². The van der Waals surface area contributed by atoms with E-state index in [1.54, 1.807) is 25.1 Å². The number of benzene rings is 2. The molecule has 1 atom stereocenters. The summed E-state index contributed by atoms with van der Waals surface area (Å²) in [4.78, 5) is 36.1. The van der Waals surface area contributed by atoms with E-state index in [2.05, 4.69) is 15.2 Å². The van der Waals surface area contributed by atoms with Crippen molar-refractivity contribution in [1.29, 1.82) is 0 Å². The van der Waals surface area contributed by atoms with Crippen LogP contribution in [0.4, 0.5) is 4.39 Å². The molecule has 0 radical (unpaired) electrons. The van der Waals surface area contributed by atoms with Gasteiger partial charge in [-0.1, -0.05) is 6.07 Å². The summed E-state index contributed by atoms with van der Waals surface area (Å²) in [5.74, 6) is -1.77. The number of aromatic nitrogens is 2. The molecule has 0 fully saturated rings. The summed E-state index contributed by atoms with van der Waals surface area (Å²) >= 11 is 0. The van der Waals surface area contributed by atoms with Crippen LogP contribution in [0.3, 0.4) is 0 Å². The lowest BCUT2D eigenvalue weighted by Gasteiger charge is -2.14. The highest BCUT2D eigenvalue weighted by Crippen LogP contribution is 2.39. The number of carbonyl (C=O) groups is 3. The Labute approximate surface area is 195 Å². The number of methoxy groups -OCH3 is 3. The van der Waals surface area contributed by atoms with E-state index < -0.39 is 29.5 Å². The van der Waals surface area contributed by atoms with Crippen LogP contribution in [-0.2, 0) is 14.3 Å². The Morgan fingerprint density at radius 3 is 2.21 bits per heavy atom. The number of nitrogens with zero attached hydrogens (tertiary/aromatic N) is 2. The highest BCUT2D eigenvalue weighted by atomic mass is 19.1. The van der Waals surface area contributed by atoms with Crippen molar-refractivity contribution < 1.29 is 33.0 Å². The van der Waals surface area contributed by atoms with Crippen LogP contribution in [0, 0.1) is 5.82 Å². The van der Waals surface area contributed by atoms with Crippen LogP contribution in [0.15, 0.2) is 48.5 Å². The quantitative estimate of drug-likeness (QED) is 0.379. The Bertz CT molecular complexity index is 1180. The molecule has 34 heavy (non-hydrogen) atoms. The summed E-state index contributed by atoms with van der Waals surface area (Å²) in [6, 6.07) is 11.7. The van der Waals surface area contributed by atoms with E-state index in [9.17, 15) is 18.8 Å². The summed E-state index contributed by atoms with van der Waals surface area (Å²) in [6.45, 7) is 1.58. The molecule has 10 heteroatoms. The maximum atomic E-state index is 13.5. The van der Waals surface area contributed by atoms with Gasteiger partial charge in [0.1, 0.15) is 17.3 Å². The molecule has 0 saturated carbocycles. The predicted octanol–water partition coefficient (Wildman–Crippen LogP) is 2.95. The number of ketones is 1. The lowest BCUT2D eigenvalue weighted by Crippen LogP contribution is -2.36. The maximum Gasteiger partial charge on any atom is 0.374 e. The van der Waals surface area contributed by atoms with Gasteiger partial charge in [0, 0.05) is 12.5 Å². The molecule has 1 N–H and O–H groups in total. The van der Waals surface area contributed by atoms with E-state index in [0.717, 1.165) is 7.11 Å². The van der Waals surface area contributed by atoms with Crippen molar-refractivity contribution in [3.8, 4) is 28.4 Å². The first-order valence-corrected chi connectivity index (χ1v) is 10.3. The van der Waals surface area contributed by atoms with Gasteiger partial charge in [-0.15, -0.1) is 0 Å². The molecule has 0 aliphatic heterocycles. The fourth-order valence-electron chi connectivity index (χ4n) is 3.38. The van der Waals surface area contributed by atoms with Crippen LogP contribution >= 0.6 is 0 Å². The molecule has 0 saturated heterocycles. The lowest BCUT2D eigenvalue weighted by molar-refractivity contribution is -0.151. The van der Waals surface area contributed by atoms with E-state index >= 15 is 0 Å². The highest BCUT2D eigenvalue weighted by molar-refractivity contribution is 6.33. The van der Waals surface area contributed by atoms with Gasteiger partial charge in [-0.05, 0) is 49.4 Å². The number of ether oxygens (including phenoxy) is 3. The van der Waals surface area contributed by atoms with Crippen LogP contribution in [0.2, 0.25) is 0 Å². The topological polar surface area (TPSA) is 109 Å². The number of amides is 1. The Hall–Kier alpha value is -4.21. The van der Waals surface area contributed by atoms with Crippen LogP contribution in [0.25, 0.3) is 16.9 Å². The molecule has 2 aromatic carbocycles. The average molecular weight is 469 g/mol. The summed E-state index contributed by atoms with van der Waals surface area (Å²) in [5, 5.41) is 7.07. The van der Waals surface area contributed by atoms with E-state index in [1.165, 1.54) is 49.2 Å². The monoisotopic (exact) mass is 469 g/mol. The number of nitrogens with one attached hydrogen (secondary N) is 1. The first kappa shape index (κ1) is 24.4. The molecule has 3 rings (SSSR count). The normalized spacial score (nSPS) is 11.4. The van der Waals surface area contributed by atoms with Crippen molar-refractivity contribution in [3.05, 3.63) is 60.0 Å². The third-order valence-electron chi connectivity index (χ3n) is 4.98. The molecule has 0 aliphatic rings. The Kier molecular flexibility index (Phi) is 7.62. The molecule has 9 nitrogen and oxygen atoms in total. The van der Waals surface area contributed by atoms with Gasteiger partial charge < -0.3 is 19.5 Å². The number of esters is 1. The molecule has 3 aromatic rings. The van der Waals surface area contributed by atoms with Crippen molar-refractivity contribution in [2.45, 2.75) is 19.4 Å². The van der Waals surface area contributed by atoms with Crippen LogP contribution in [0.1, 0.15) is 23.8 Å². The van der Waals surface area contributed by atoms with E-state index in [1.807, 2.05) is 0 Å². The maximum absolute atomic E-state index is 13.5. The average Bonchev–Trinajstić information content (AvgIpc) is 3.28. The fraction of sp³-hybridized carbons (Fsp3) is 0.250. The zero-order valence-corrected chi connectivity index (χ0v) is 19.1. The Morgan fingerprint density at radius 2 is 1.65 bits per heavy atom. The summed E-state index contributed by atoms with van der Waals surface area (Å²) in [6.07, 6.45) is -0.232. The van der Waals surface area contributed by atoms with Crippen LogP contribution in [-0.4, -0.2) is 54.8 Å². The van der Waals surface area contributed by atoms with Crippen molar-refractivity contribution in [2.24, 2.45) is 0 Å². The van der Waals surface area contributed by atoms with Gasteiger partial charge in [-0.2, -0.15) is 5.10 Å². The van der Waals surface area contributed by atoms with Gasteiger partial charge in [-0.3, -0.25) is 9.59 Å². The SMILES string of the molecule is COC(=O)C(=O)C[C@@H](C)NC(=O)c1cc(-c2c(OC)cccc2OC)n(-c2ccc(F)cc2)n1. The van der Waals surface area contributed by atoms with Crippen molar-refractivity contribution in [2.75, 3.05) is 21.3 Å². The number of hydrogen-bond donors (Lipinski definition) is 1. The van der Waals surface area contributed by atoms with Crippen molar-refractivity contribution in [1.82, 2.24) is 15.1 Å². The van der Waals surface area contributed by atoms with E-state index in [4.69, 9.17) is 9.47 Å². The van der Waals surface area contributed by atoms with E-state index in [0.29, 0.717) is 28.4 Å². The fourth-order valence-corrected chi connectivity index (χ4v) is 3.38. The van der Waals surface area contributed by atoms with Gasteiger partial charge in [0.15, 0.2) is 5.69 Å². The molecule has 1 heterocycles. The molecule has 0 aliphatic carbocycles. The zero-order chi connectivity index (χ0) is 24.8. The Balaban J connectivity index is 2.03. The molecule has 1 aromatic heterocycles. The summed E-state index contributed by atoms with van der Waals surface area (Å²) < 4.78 is 30.4. The second-order valence-corrected chi connectivity index (χ2v) is 7.33. The number of carbonyl (C=O) groups excluding carboxylic acids is 3. The number of hydrogen-bond acceptors (Lipinski definition) is 7. The van der Waals surface area contributed by atoms with Gasteiger partial charge in [0.05, 0.1) is 38.3 Å². The van der Waals surface area contributed by atoms with Crippen LogP contribution in [0.5, 0.6) is 11.5 Å². The van der Waals surface area contributed by atoms with Gasteiger partial charge in [0.25, 0.3) is 5.91 Å². The third-order valence-corrected chi connectivity index (χ3v) is 4.98. The number of Topliss-reactive ketones (excluding diaryl/α,β-unsaturated/α-hetero) is 1. The van der Waals surface area contributed by atoms with Gasteiger partial charge in [-0.25, -0.2) is 13.9 Å². The predicted molar refractivity (Wildman–Crippen MR) is 121 cm³/mol. The molecule has 178 valence electrons. The minimum atomic E-state index is -0.979. The van der Waals surface area contributed by atoms with E-state index in [-0.39, 0.29) is 12.1 Å². The lowest BCUT2D eigenvalue weighted by atomic mass is 10.1. The molecular weight excluding hydrogens is 445 g/mol. The van der Waals surface area contributed by atoms with Gasteiger partial charge >= 0.3 is 5.97 Å². The number of rotatable bonds is 9. The molecular formula is C24H24FN3O6. The first-order chi connectivity index (χ1) is 16.3. The number of halogens is 1. The largest absolute Gasteiger partial charge is 0.496 e. The summed E-state index contributed by atoms with van der Waals surface area (Å²) in [5.41, 5.74) is 1.53. The third kappa shape index (κ3) is 5.22. The smallest absolute Gasteiger partial charge is 0.374 e. The molecule has 0 unspecified atom stereocenters. The van der Waals surface area contributed by atoms with Gasteiger partial charge in [0.2, 0.25) is 5.78 Å². The minimum absolute atomic E-state index is 0.0321. The molecule has 0 bridgehead atoms. The summed E-state index contributed by atoms with van der Waals surface area (Å²) in [7, 11) is 4.12. The zero-order valence-electron chi connectivity index (χ0n) is 19.1. The molecule has 0 spiro atoms. The first-order valence-electron chi connectivity index (χ1n) is 10.3. The van der Waals surface area contributed by atoms with Crippen LogP contribution < -0.4 is 14.8 Å². The standard InChI is InChI=1S/C24H24FN3O6/c1-14(12-19(29)24(31)34-4)26-23(30)17-13-18(22-20(32-2)6-5-7-21(22)33-3)28(27-17)16-10-8-15(25)9-11-16/h5-11,13-14H,12H2,1-4H3,(H,26,30)/t14-/m1/s1. The van der Waals surface area contributed by atoms with Crippen molar-refractivity contribution in [3.63, 3.8) is 0 Å².